The van der Waals surface area contributed by atoms with E-state index in [1.54, 1.807) is 0 Å². The summed E-state index contributed by atoms with van der Waals surface area (Å²) >= 11 is 0. The standard InChI is InChI=1S/C19H39N3O2.HI/c1-4-20-19(21-11-6-5-8-17(2)3)22-12-7-13-24-16-18-9-14-23-15-10-18;/h17-18H,4-16H2,1-3H3,(H2,20,21,22);1H. The van der Waals surface area contributed by atoms with Crippen molar-refractivity contribution < 1.29 is 9.47 Å². The Morgan fingerprint density at radius 3 is 2.60 bits per heavy atom. The second-order valence-corrected chi connectivity index (χ2v) is 7.06. The van der Waals surface area contributed by atoms with Crippen LogP contribution < -0.4 is 10.6 Å². The topological polar surface area (TPSA) is 54.9 Å². The van der Waals surface area contributed by atoms with Gasteiger partial charge in [0.25, 0.3) is 0 Å². The summed E-state index contributed by atoms with van der Waals surface area (Å²) in [5, 5.41) is 6.73. The van der Waals surface area contributed by atoms with Crippen LogP contribution in [-0.4, -0.2) is 52.0 Å². The summed E-state index contributed by atoms with van der Waals surface area (Å²) < 4.78 is 11.2. The number of nitrogens with one attached hydrogen (secondary N) is 2. The van der Waals surface area contributed by atoms with Crippen LogP contribution in [0.15, 0.2) is 4.99 Å². The first-order valence-electron chi connectivity index (χ1n) is 9.90. The molecule has 2 N–H and O–H groups in total. The first kappa shape index (κ1) is 24.9. The van der Waals surface area contributed by atoms with E-state index in [0.717, 1.165) is 77.2 Å². The van der Waals surface area contributed by atoms with Crippen molar-refractivity contribution in [3.8, 4) is 0 Å². The molecule has 0 bridgehead atoms. The Balaban J connectivity index is 0.00000576. The highest BCUT2D eigenvalue weighted by molar-refractivity contribution is 14.0. The van der Waals surface area contributed by atoms with E-state index in [1.165, 1.54) is 19.3 Å². The molecule has 0 aromatic carbocycles. The third-order valence-electron chi connectivity index (χ3n) is 4.26. The van der Waals surface area contributed by atoms with Crippen LogP contribution in [0.5, 0.6) is 0 Å². The predicted molar refractivity (Wildman–Crippen MR) is 117 cm³/mol. The minimum Gasteiger partial charge on any atom is -0.381 e. The van der Waals surface area contributed by atoms with Crippen LogP contribution in [0.1, 0.15) is 59.3 Å². The van der Waals surface area contributed by atoms with Crippen LogP contribution in [0.25, 0.3) is 0 Å². The Kier molecular flexibility index (Phi) is 17.3. The molecule has 0 aromatic heterocycles. The van der Waals surface area contributed by atoms with Gasteiger partial charge in [-0.1, -0.05) is 26.7 Å². The third kappa shape index (κ3) is 14.7. The summed E-state index contributed by atoms with van der Waals surface area (Å²) in [7, 11) is 0. The molecule has 5 nitrogen and oxygen atoms in total. The van der Waals surface area contributed by atoms with Crippen molar-refractivity contribution in [2.45, 2.75) is 59.3 Å². The van der Waals surface area contributed by atoms with Crippen molar-refractivity contribution in [2.75, 3.05) is 46.1 Å². The highest BCUT2D eigenvalue weighted by Crippen LogP contribution is 2.14. The summed E-state index contributed by atoms with van der Waals surface area (Å²) in [6.45, 7) is 12.8. The number of unbranched alkanes of at least 4 members (excludes halogenated alkanes) is 1. The van der Waals surface area contributed by atoms with Gasteiger partial charge in [-0.3, -0.25) is 4.99 Å². The first-order chi connectivity index (χ1) is 11.7. The zero-order valence-electron chi connectivity index (χ0n) is 16.5. The fourth-order valence-corrected chi connectivity index (χ4v) is 2.75. The number of aliphatic imine (C=N–C) groups is 1. The molecule has 0 saturated carbocycles. The molecule has 0 unspecified atom stereocenters. The van der Waals surface area contributed by atoms with Crippen molar-refractivity contribution >= 4 is 29.9 Å². The third-order valence-corrected chi connectivity index (χ3v) is 4.26. The highest BCUT2D eigenvalue weighted by atomic mass is 127. The van der Waals surface area contributed by atoms with Crippen molar-refractivity contribution in [2.24, 2.45) is 16.8 Å². The van der Waals surface area contributed by atoms with Crippen molar-refractivity contribution in [1.82, 2.24) is 10.6 Å². The number of nitrogens with zero attached hydrogens (tertiary/aromatic N) is 1. The van der Waals surface area contributed by atoms with Gasteiger partial charge in [0.15, 0.2) is 5.96 Å². The normalized spacial score (nSPS) is 15.9. The van der Waals surface area contributed by atoms with E-state index in [0.29, 0.717) is 5.92 Å². The van der Waals surface area contributed by atoms with Gasteiger partial charge in [0, 0.05) is 46.1 Å². The van der Waals surface area contributed by atoms with Gasteiger partial charge in [-0.25, -0.2) is 0 Å². The summed E-state index contributed by atoms with van der Waals surface area (Å²) in [6.07, 6.45) is 7.06. The van der Waals surface area contributed by atoms with Crippen LogP contribution in [0, 0.1) is 11.8 Å². The molecule has 6 heteroatoms. The number of halogens is 1. The van der Waals surface area contributed by atoms with Crippen LogP contribution in [0.2, 0.25) is 0 Å². The van der Waals surface area contributed by atoms with Crippen molar-refractivity contribution in [3.63, 3.8) is 0 Å². The lowest BCUT2D eigenvalue weighted by atomic mass is 10.0. The Hall–Kier alpha value is -0.0800. The van der Waals surface area contributed by atoms with Gasteiger partial charge in [-0.05, 0) is 44.4 Å². The molecular weight excluding hydrogens is 429 g/mol. The number of hydrogen-bond acceptors (Lipinski definition) is 3. The minimum absolute atomic E-state index is 0. The monoisotopic (exact) mass is 469 g/mol. The van der Waals surface area contributed by atoms with E-state index < -0.39 is 0 Å². The lowest BCUT2D eigenvalue weighted by Gasteiger charge is -2.21. The molecule has 1 saturated heterocycles. The van der Waals surface area contributed by atoms with Crippen LogP contribution >= 0.6 is 24.0 Å². The van der Waals surface area contributed by atoms with Gasteiger partial charge >= 0.3 is 0 Å². The Bertz CT molecular complexity index is 322. The maximum absolute atomic E-state index is 5.78. The summed E-state index contributed by atoms with van der Waals surface area (Å²) in [4.78, 5) is 4.62. The molecule has 0 aromatic rings. The van der Waals surface area contributed by atoms with Gasteiger partial charge in [0.05, 0.1) is 0 Å². The lowest BCUT2D eigenvalue weighted by Crippen LogP contribution is -2.37. The zero-order valence-corrected chi connectivity index (χ0v) is 18.8. The number of hydrogen-bond donors (Lipinski definition) is 2. The average molecular weight is 469 g/mol. The summed E-state index contributed by atoms with van der Waals surface area (Å²) in [5.74, 6) is 2.42. The molecule has 0 amide bonds. The molecular formula is C19H40IN3O2. The molecule has 1 aliphatic rings. The molecule has 0 aliphatic carbocycles. The molecule has 0 spiro atoms. The Labute approximate surface area is 172 Å². The molecule has 0 atom stereocenters. The Morgan fingerprint density at radius 2 is 1.92 bits per heavy atom. The average Bonchev–Trinajstić information content (AvgIpc) is 2.58. The molecule has 0 radical (unpaired) electrons. The predicted octanol–water partition coefficient (Wildman–Crippen LogP) is 3.82. The van der Waals surface area contributed by atoms with E-state index in [-0.39, 0.29) is 24.0 Å². The smallest absolute Gasteiger partial charge is 0.191 e. The Morgan fingerprint density at radius 1 is 1.16 bits per heavy atom. The van der Waals surface area contributed by atoms with Gasteiger partial charge in [-0.15, -0.1) is 24.0 Å². The summed E-state index contributed by atoms with van der Waals surface area (Å²) in [5.41, 5.74) is 0. The molecule has 25 heavy (non-hydrogen) atoms. The largest absolute Gasteiger partial charge is 0.381 e. The van der Waals surface area contributed by atoms with E-state index >= 15 is 0 Å². The van der Waals surface area contributed by atoms with Gasteiger partial charge in [0.1, 0.15) is 0 Å². The quantitative estimate of drug-likeness (QED) is 0.198. The van der Waals surface area contributed by atoms with Gasteiger partial charge in [-0.2, -0.15) is 0 Å². The SMILES string of the molecule is CCNC(=NCCCOCC1CCOCC1)NCCCCC(C)C.I. The fraction of sp³-hybridized carbons (Fsp3) is 0.947. The lowest BCUT2D eigenvalue weighted by molar-refractivity contribution is 0.0205. The molecule has 1 rings (SSSR count). The van der Waals surface area contributed by atoms with Gasteiger partial charge < -0.3 is 20.1 Å². The van der Waals surface area contributed by atoms with Gasteiger partial charge in [0.2, 0.25) is 0 Å². The molecule has 1 aliphatic heterocycles. The van der Waals surface area contributed by atoms with E-state index in [9.17, 15) is 0 Å². The number of rotatable bonds is 12. The minimum atomic E-state index is 0. The second kappa shape index (κ2) is 17.3. The molecule has 1 fully saturated rings. The van der Waals surface area contributed by atoms with Crippen LogP contribution in [-0.2, 0) is 9.47 Å². The maximum atomic E-state index is 5.78. The summed E-state index contributed by atoms with van der Waals surface area (Å²) in [6, 6.07) is 0. The van der Waals surface area contributed by atoms with E-state index in [2.05, 4.69) is 36.4 Å². The second-order valence-electron chi connectivity index (χ2n) is 7.06. The number of guanidine groups is 1. The fourth-order valence-electron chi connectivity index (χ4n) is 2.75. The van der Waals surface area contributed by atoms with E-state index in [1.807, 2.05) is 0 Å². The zero-order chi connectivity index (χ0) is 17.5. The first-order valence-corrected chi connectivity index (χ1v) is 9.90. The van der Waals surface area contributed by atoms with Crippen LogP contribution in [0.3, 0.4) is 0 Å². The highest BCUT2D eigenvalue weighted by Gasteiger charge is 2.13. The maximum Gasteiger partial charge on any atom is 0.191 e. The molecule has 1 heterocycles. The van der Waals surface area contributed by atoms with Crippen molar-refractivity contribution in [1.29, 1.82) is 0 Å². The molecule has 150 valence electrons. The van der Waals surface area contributed by atoms with Crippen LogP contribution in [0.4, 0.5) is 0 Å². The van der Waals surface area contributed by atoms with Crippen molar-refractivity contribution in [3.05, 3.63) is 0 Å². The van der Waals surface area contributed by atoms with E-state index in [4.69, 9.17) is 9.47 Å². The number of ether oxygens (including phenoxy) is 2.